The van der Waals surface area contributed by atoms with Gasteiger partial charge in [-0.25, -0.2) is 0 Å². The van der Waals surface area contributed by atoms with Crippen molar-refractivity contribution in [3.05, 3.63) is 70.9 Å². The van der Waals surface area contributed by atoms with Gasteiger partial charge in [0.05, 0.1) is 28.0 Å². The van der Waals surface area contributed by atoms with Gasteiger partial charge in [-0.1, -0.05) is 30.3 Å². The topological polar surface area (TPSA) is 56.5 Å². The molecule has 0 amide bonds. The summed E-state index contributed by atoms with van der Waals surface area (Å²) in [5, 5.41) is 0.516. The lowest BCUT2D eigenvalue weighted by atomic mass is 10.2. The van der Waals surface area contributed by atoms with E-state index in [1.165, 1.54) is 6.07 Å². The molecule has 1 atom stereocenters. The molecule has 22 heavy (non-hydrogen) atoms. The third kappa shape index (κ3) is 3.26. The molecule has 0 aliphatic carbocycles. The molecule has 0 aliphatic heterocycles. The van der Waals surface area contributed by atoms with E-state index in [0.29, 0.717) is 16.7 Å². The molecule has 0 aliphatic rings. The zero-order chi connectivity index (χ0) is 15.4. The van der Waals surface area contributed by atoms with Crippen LogP contribution in [0.4, 0.5) is 0 Å². The van der Waals surface area contributed by atoms with E-state index in [2.05, 4.69) is 0 Å². The van der Waals surface area contributed by atoms with Crippen molar-refractivity contribution >= 4 is 21.8 Å². The van der Waals surface area contributed by atoms with Crippen molar-refractivity contribution in [2.75, 3.05) is 12.4 Å². The van der Waals surface area contributed by atoms with Crippen molar-refractivity contribution in [1.82, 2.24) is 0 Å². The van der Waals surface area contributed by atoms with Crippen LogP contribution in [0.2, 0.25) is 0 Å². The molecule has 4 nitrogen and oxygen atoms in total. The van der Waals surface area contributed by atoms with E-state index >= 15 is 0 Å². The van der Waals surface area contributed by atoms with Gasteiger partial charge in [-0.05, 0) is 24.3 Å². The summed E-state index contributed by atoms with van der Waals surface area (Å²) in [4.78, 5) is 12.7. The van der Waals surface area contributed by atoms with E-state index in [9.17, 15) is 9.00 Å². The molecule has 1 aromatic heterocycles. The number of benzene rings is 2. The van der Waals surface area contributed by atoms with Gasteiger partial charge in [-0.3, -0.25) is 9.00 Å². The smallest absolute Gasteiger partial charge is 0.288 e. The van der Waals surface area contributed by atoms with E-state index in [1.807, 2.05) is 30.3 Å². The summed E-state index contributed by atoms with van der Waals surface area (Å²) >= 11 is 0. The van der Waals surface area contributed by atoms with Crippen molar-refractivity contribution < 1.29 is 13.4 Å². The first-order valence-corrected chi connectivity index (χ1v) is 8.15. The van der Waals surface area contributed by atoms with Gasteiger partial charge in [0.1, 0.15) is 12.2 Å². The fourth-order valence-corrected chi connectivity index (χ4v) is 2.99. The Morgan fingerprint density at radius 1 is 1.00 bits per heavy atom. The summed E-state index contributed by atoms with van der Waals surface area (Å²) in [5.74, 6) is 0.481. The van der Waals surface area contributed by atoms with Crippen LogP contribution < -0.4 is 10.2 Å². The molecule has 1 heterocycles. The van der Waals surface area contributed by atoms with Crippen LogP contribution in [0.25, 0.3) is 11.0 Å². The normalized spacial score (nSPS) is 12.2. The summed E-state index contributed by atoms with van der Waals surface area (Å²) in [7, 11) is -1.13. The fourth-order valence-electron chi connectivity index (χ4n) is 2.06. The van der Waals surface area contributed by atoms with Crippen molar-refractivity contribution in [3.8, 4) is 5.95 Å². The minimum absolute atomic E-state index is 0.147. The standard InChI is InChI=1S/C17H14O4S/c18-15-12-17(21-16-9-5-4-8-14(15)16)20-10-11-22(19)13-6-2-1-3-7-13/h1-9,12H,10-11H2. The third-order valence-electron chi connectivity index (χ3n) is 3.13. The van der Waals surface area contributed by atoms with Gasteiger partial charge in [0, 0.05) is 4.90 Å². The molecular formula is C17H14O4S. The SMILES string of the molecule is O=c1cc(OCCS(=O)c2ccccc2)oc2ccccc12. The molecule has 0 saturated carbocycles. The Morgan fingerprint density at radius 2 is 1.73 bits per heavy atom. The van der Waals surface area contributed by atoms with Crippen LogP contribution in [0, 0.1) is 0 Å². The lowest BCUT2D eigenvalue weighted by Crippen LogP contribution is -2.10. The van der Waals surface area contributed by atoms with E-state index in [1.54, 1.807) is 24.3 Å². The van der Waals surface area contributed by atoms with Gasteiger partial charge < -0.3 is 9.15 Å². The van der Waals surface area contributed by atoms with Gasteiger partial charge >= 0.3 is 0 Å². The summed E-state index contributed by atoms with van der Waals surface area (Å²) in [6, 6.07) is 17.5. The maximum atomic E-state index is 12.1. The first-order valence-electron chi connectivity index (χ1n) is 6.83. The highest BCUT2D eigenvalue weighted by Gasteiger charge is 2.07. The maximum Gasteiger partial charge on any atom is 0.288 e. The molecule has 2 aromatic carbocycles. The van der Waals surface area contributed by atoms with Crippen LogP contribution >= 0.6 is 0 Å². The second-order valence-corrected chi connectivity index (χ2v) is 6.21. The van der Waals surface area contributed by atoms with Crippen molar-refractivity contribution in [1.29, 1.82) is 0 Å². The van der Waals surface area contributed by atoms with Gasteiger partial charge in [0.2, 0.25) is 0 Å². The quantitative estimate of drug-likeness (QED) is 0.726. The Morgan fingerprint density at radius 3 is 2.55 bits per heavy atom. The van der Waals surface area contributed by atoms with E-state index in [4.69, 9.17) is 9.15 Å². The number of ether oxygens (including phenoxy) is 1. The molecule has 1 unspecified atom stereocenters. The highest BCUT2D eigenvalue weighted by molar-refractivity contribution is 7.85. The molecule has 3 aromatic rings. The number of rotatable bonds is 5. The largest absolute Gasteiger partial charge is 0.464 e. The second kappa shape index (κ2) is 6.58. The van der Waals surface area contributed by atoms with E-state index < -0.39 is 10.8 Å². The molecule has 5 heteroatoms. The van der Waals surface area contributed by atoms with Crippen LogP contribution in [-0.4, -0.2) is 16.6 Å². The van der Waals surface area contributed by atoms with Crippen molar-refractivity contribution in [2.45, 2.75) is 4.90 Å². The van der Waals surface area contributed by atoms with E-state index in [-0.39, 0.29) is 18.0 Å². The lowest BCUT2D eigenvalue weighted by molar-refractivity contribution is 0.262. The number of hydrogen-bond acceptors (Lipinski definition) is 4. The molecule has 0 saturated heterocycles. The summed E-state index contributed by atoms with van der Waals surface area (Å²) in [6.07, 6.45) is 0. The van der Waals surface area contributed by atoms with Crippen LogP contribution in [0.15, 0.2) is 74.8 Å². The summed E-state index contributed by atoms with van der Waals surface area (Å²) in [5.41, 5.74) is 0.329. The van der Waals surface area contributed by atoms with Crippen LogP contribution in [0.3, 0.4) is 0 Å². The minimum atomic E-state index is -1.13. The van der Waals surface area contributed by atoms with Gasteiger partial charge in [-0.15, -0.1) is 0 Å². The molecule has 112 valence electrons. The zero-order valence-corrected chi connectivity index (χ0v) is 12.5. The summed E-state index contributed by atoms with van der Waals surface area (Å²) < 4.78 is 23.0. The molecule has 3 rings (SSSR count). The Labute approximate surface area is 129 Å². The highest BCUT2D eigenvalue weighted by atomic mass is 32.2. The Hall–Kier alpha value is -2.40. The van der Waals surface area contributed by atoms with Crippen molar-refractivity contribution in [2.24, 2.45) is 0 Å². The highest BCUT2D eigenvalue weighted by Crippen LogP contribution is 2.17. The van der Waals surface area contributed by atoms with Crippen molar-refractivity contribution in [3.63, 3.8) is 0 Å². The number of para-hydroxylation sites is 1. The predicted octanol–water partition coefficient (Wildman–Crippen LogP) is 2.98. The fraction of sp³-hybridized carbons (Fsp3) is 0.118. The molecular weight excluding hydrogens is 300 g/mol. The summed E-state index contributed by atoms with van der Waals surface area (Å²) in [6.45, 7) is 0.211. The maximum absolute atomic E-state index is 12.1. The van der Waals surface area contributed by atoms with Gasteiger partial charge in [-0.2, -0.15) is 0 Å². The number of hydrogen-bond donors (Lipinski definition) is 0. The first-order chi connectivity index (χ1) is 10.7. The van der Waals surface area contributed by atoms with Crippen LogP contribution in [0.1, 0.15) is 0 Å². The Kier molecular flexibility index (Phi) is 4.34. The third-order valence-corrected chi connectivity index (χ3v) is 4.47. The zero-order valence-electron chi connectivity index (χ0n) is 11.7. The predicted molar refractivity (Wildman–Crippen MR) is 85.7 cm³/mol. The van der Waals surface area contributed by atoms with E-state index in [0.717, 1.165) is 4.90 Å². The van der Waals surface area contributed by atoms with Crippen LogP contribution in [0.5, 0.6) is 5.95 Å². The monoisotopic (exact) mass is 314 g/mol. The van der Waals surface area contributed by atoms with Gasteiger partial charge in [0.15, 0.2) is 5.43 Å². The molecule has 0 radical (unpaired) electrons. The molecule has 0 N–H and O–H groups in total. The molecule has 0 spiro atoms. The second-order valence-electron chi connectivity index (χ2n) is 4.64. The van der Waals surface area contributed by atoms with Gasteiger partial charge in [0.25, 0.3) is 5.95 Å². The Balaban J connectivity index is 1.67. The van der Waals surface area contributed by atoms with Crippen LogP contribution in [-0.2, 0) is 10.8 Å². The lowest BCUT2D eigenvalue weighted by Gasteiger charge is -2.06. The minimum Gasteiger partial charge on any atom is -0.464 e. The molecule has 0 fully saturated rings. The first kappa shape index (κ1) is 14.5. The Bertz CT molecular complexity index is 855. The average molecular weight is 314 g/mol. The average Bonchev–Trinajstić information content (AvgIpc) is 2.56. The molecule has 0 bridgehead atoms. The number of fused-ring (bicyclic) bond motifs is 1.